The Bertz CT molecular complexity index is 551. The zero-order chi connectivity index (χ0) is 14.3. The molecular weight excluding hydrogens is 250 g/mol. The first-order valence-electron chi connectivity index (χ1n) is 7.44. The Kier molecular flexibility index (Phi) is 3.11. The molecule has 0 spiro atoms. The smallest absolute Gasteiger partial charge is 0.224 e. The van der Waals surface area contributed by atoms with Gasteiger partial charge < -0.3 is 16.4 Å². The molecular formula is C16H23N3O. The number of aryl methyl sites for hydroxylation is 1. The number of carbonyl (C=O) groups is 1. The third kappa shape index (κ3) is 2.35. The quantitative estimate of drug-likeness (QED) is 0.725. The Balaban J connectivity index is 1.87. The van der Waals surface area contributed by atoms with E-state index in [-0.39, 0.29) is 5.91 Å². The van der Waals surface area contributed by atoms with E-state index in [1.54, 1.807) is 0 Å². The topological polar surface area (TPSA) is 67.1 Å². The molecule has 1 saturated carbocycles. The fourth-order valence-electron chi connectivity index (χ4n) is 3.35. The molecule has 0 aromatic heterocycles. The Hall–Kier alpha value is -1.71. The average molecular weight is 273 g/mol. The van der Waals surface area contributed by atoms with Gasteiger partial charge in [0.1, 0.15) is 0 Å². The highest BCUT2D eigenvalue weighted by Gasteiger charge is 2.34. The number of benzene rings is 1. The van der Waals surface area contributed by atoms with Gasteiger partial charge in [-0.15, -0.1) is 0 Å². The van der Waals surface area contributed by atoms with Crippen LogP contribution in [0.4, 0.5) is 17.1 Å². The van der Waals surface area contributed by atoms with Gasteiger partial charge in [-0.2, -0.15) is 0 Å². The lowest BCUT2D eigenvalue weighted by molar-refractivity contribution is -0.116. The zero-order valence-corrected chi connectivity index (χ0v) is 12.3. The molecule has 4 N–H and O–H groups in total. The molecule has 1 aliphatic heterocycles. The van der Waals surface area contributed by atoms with E-state index >= 15 is 0 Å². The molecule has 4 nitrogen and oxygen atoms in total. The van der Waals surface area contributed by atoms with E-state index in [1.807, 2.05) is 12.1 Å². The van der Waals surface area contributed by atoms with Gasteiger partial charge in [0.05, 0.1) is 11.4 Å². The summed E-state index contributed by atoms with van der Waals surface area (Å²) in [6.45, 7) is 4.60. The maximum Gasteiger partial charge on any atom is 0.224 e. The van der Waals surface area contributed by atoms with Crippen molar-refractivity contribution in [3.8, 4) is 0 Å². The van der Waals surface area contributed by atoms with Crippen molar-refractivity contribution in [2.45, 2.75) is 52.0 Å². The second-order valence-electron chi connectivity index (χ2n) is 6.72. The first kappa shape index (κ1) is 13.3. The first-order valence-corrected chi connectivity index (χ1v) is 7.44. The van der Waals surface area contributed by atoms with E-state index in [0.29, 0.717) is 17.9 Å². The fourth-order valence-corrected chi connectivity index (χ4v) is 3.35. The van der Waals surface area contributed by atoms with E-state index in [1.165, 1.54) is 19.3 Å². The third-order valence-corrected chi connectivity index (χ3v) is 4.76. The van der Waals surface area contributed by atoms with Gasteiger partial charge >= 0.3 is 0 Å². The van der Waals surface area contributed by atoms with Crippen molar-refractivity contribution >= 4 is 23.0 Å². The zero-order valence-electron chi connectivity index (χ0n) is 12.3. The molecule has 1 fully saturated rings. The Morgan fingerprint density at radius 3 is 2.85 bits per heavy atom. The number of hydrogen-bond donors (Lipinski definition) is 3. The molecule has 108 valence electrons. The molecule has 4 heteroatoms. The van der Waals surface area contributed by atoms with Crippen LogP contribution in [0.3, 0.4) is 0 Å². The number of carbonyl (C=O) groups excluding carboxylic acids is 1. The van der Waals surface area contributed by atoms with Crippen molar-refractivity contribution in [1.82, 2.24) is 0 Å². The van der Waals surface area contributed by atoms with Gasteiger partial charge in [-0.3, -0.25) is 4.79 Å². The third-order valence-electron chi connectivity index (χ3n) is 4.76. The van der Waals surface area contributed by atoms with E-state index < -0.39 is 0 Å². The first-order chi connectivity index (χ1) is 9.45. The molecule has 2 aliphatic rings. The lowest BCUT2D eigenvalue weighted by Crippen LogP contribution is -2.31. The van der Waals surface area contributed by atoms with Crippen molar-refractivity contribution in [2.24, 2.45) is 5.41 Å². The van der Waals surface area contributed by atoms with Gasteiger partial charge in [-0.1, -0.05) is 20.3 Å². The standard InChI is InChI=1S/C16H23N3O/c1-16(2)7-3-4-14(16)18-13-9-12-10(8-11(13)17)5-6-15(20)19-12/h8-9,14,18H,3-7,17H2,1-2H3,(H,19,20). The van der Waals surface area contributed by atoms with Gasteiger partial charge in [0.25, 0.3) is 0 Å². The van der Waals surface area contributed by atoms with Crippen LogP contribution in [0, 0.1) is 5.41 Å². The normalized spacial score (nSPS) is 24.1. The second-order valence-corrected chi connectivity index (χ2v) is 6.72. The van der Waals surface area contributed by atoms with Crippen LogP contribution >= 0.6 is 0 Å². The van der Waals surface area contributed by atoms with Crippen LogP contribution in [0.2, 0.25) is 0 Å². The molecule has 1 amide bonds. The van der Waals surface area contributed by atoms with Crippen molar-refractivity contribution in [2.75, 3.05) is 16.4 Å². The van der Waals surface area contributed by atoms with E-state index in [9.17, 15) is 4.79 Å². The molecule has 1 aromatic carbocycles. The molecule has 1 atom stereocenters. The highest BCUT2D eigenvalue weighted by Crippen LogP contribution is 2.40. The van der Waals surface area contributed by atoms with Gasteiger partial charge in [-0.05, 0) is 42.4 Å². The second kappa shape index (κ2) is 4.69. The Morgan fingerprint density at radius 1 is 1.35 bits per heavy atom. The Labute approximate surface area is 120 Å². The van der Waals surface area contributed by atoms with E-state index in [4.69, 9.17) is 5.73 Å². The number of anilines is 3. The minimum absolute atomic E-state index is 0.0921. The van der Waals surface area contributed by atoms with Crippen LogP contribution in [0.15, 0.2) is 12.1 Å². The summed E-state index contributed by atoms with van der Waals surface area (Å²) >= 11 is 0. The summed E-state index contributed by atoms with van der Waals surface area (Å²) in [5.41, 5.74) is 10.2. The minimum Gasteiger partial charge on any atom is -0.397 e. The summed E-state index contributed by atoms with van der Waals surface area (Å²) in [7, 11) is 0. The van der Waals surface area contributed by atoms with Crippen LogP contribution in [-0.2, 0) is 11.2 Å². The van der Waals surface area contributed by atoms with Crippen LogP contribution < -0.4 is 16.4 Å². The fraction of sp³-hybridized carbons (Fsp3) is 0.562. The molecule has 0 bridgehead atoms. The van der Waals surface area contributed by atoms with Crippen LogP contribution in [0.25, 0.3) is 0 Å². The lowest BCUT2D eigenvalue weighted by Gasteiger charge is -2.30. The maximum absolute atomic E-state index is 11.5. The predicted octanol–water partition coefficient (Wildman–Crippen LogP) is 3.14. The largest absolute Gasteiger partial charge is 0.397 e. The Morgan fingerprint density at radius 2 is 2.15 bits per heavy atom. The number of rotatable bonds is 2. The minimum atomic E-state index is 0.0921. The highest BCUT2D eigenvalue weighted by molar-refractivity contribution is 5.95. The molecule has 3 rings (SSSR count). The van der Waals surface area contributed by atoms with Crippen LogP contribution in [-0.4, -0.2) is 11.9 Å². The van der Waals surface area contributed by atoms with Crippen molar-refractivity contribution in [1.29, 1.82) is 0 Å². The van der Waals surface area contributed by atoms with E-state index in [2.05, 4.69) is 24.5 Å². The summed E-state index contributed by atoms with van der Waals surface area (Å²) in [6, 6.07) is 4.44. The molecule has 0 saturated heterocycles. The number of amides is 1. The summed E-state index contributed by atoms with van der Waals surface area (Å²) in [5, 5.41) is 6.53. The van der Waals surface area contributed by atoms with Gasteiger partial charge in [-0.25, -0.2) is 0 Å². The summed E-state index contributed by atoms with van der Waals surface area (Å²) in [6.07, 6.45) is 5.00. The van der Waals surface area contributed by atoms with E-state index in [0.717, 1.165) is 29.0 Å². The number of nitrogen functional groups attached to an aromatic ring is 1. The number of nitrogens with two attached hydrogens (primary N) is 1. The van der Waals surface area contributed by atoms with Gasteiger partial charge in [0.2, 0.25) is 5.91 Å². The number of hydrogen-bond acceptors (Lipinski definition) is 3. The van der Waals surface area contributed by atoms with Crippen molar-refractivity contribution < 1.29 is 4.79 Å². The van der Waals surface area contributed by atoms with Crippen LogP contribution in [0.1, 0.15) is 45.1 Å². The highest BCUT2D eigenvalue weighted by atomic mass is 16.1. The number of nitrogens with one attached hydrogen (secondary N) is 2. The van der Waals surface area contributed by atoms with Crippen molar-refractivity contribution in [3.63, 3.8) is 0 Å². The SMILES string of the molecule is CC1(C)CCCC1Nc1cc2c(cc1N)CCC(=O)N2. The maximum atomic E-state index is 11.5. The molecule has 0 radical (unpaired) electrons. The van der Waals surface area contributed by atoms with Gasteiger partial charge in [0, 0.05) is 18.2 Å². The molecule has 1 heterocycles. The summed E-state index contributed by atoms with van der Waals surface area (Å²) in [5.74, 6) is 0.0921. The predicted molar refractivity (Wildman–Crippen MR) is 82.8 cm³/mol. The molecule has 1 aromatic rings. The monoisotopic (exact) mass is 273 g/mol. The summed E-state index contributed by atoms with van der Waals surface area (Å²) in [4.78, 5) is 11.5. The molecule has 1 aliphatic carbocycles. The summed E-state index contributed by atoms with van der Waals surface area (Å²) < 4.78 is 0. The molecule has 1 unspecified atom stereocenters. The lowest BCUT2D eigenvalue weighted by atomic mass is 9.87. The number of fused-ring (bicyclic) bond motifs is 1. The van der Waals surface area contributed by atoms with Gasteiger partial charge in [0.15, 0.2) is 0 Å². The average Bonchev–Trinajstić information content (AvgIpc) is 2.70. The van der Waals surface area contributed by atoms with Crippen LogP contribution in [0.5, 0.6) is 0 Å². The molecule has 20 heavy (non-hydrogen) atoms. The van der Waals surface area contributed by atoms with Crippen molar-refractivity contribution in [3.05, 3.63) is 17.7 Å².